The molecule has 1 aliphatic rings. The summed E-state index contributed by atoms with van der Waals surface area (Å²) < 4.78 is 34.6. The zero-order valence-electron chi connectivity index (χ0n) is 17.7. The number of halogens is 2. The average Bonchev–Trinajstić information content (AvgIpc) is 2.77. The lowest BCUT2D eigenvalue weighted by Gasteiger charge is -2.35. The normalized spacial score (nSPS) is 15.6. The number of rotatable bonds is 6. The Bertz CT molecular complexity index is 1330. The van der Waals surface area contributed by atoms with Crippen LogP contribution in [0.5, 0.6) is 5.75 Å². The molecule has 3 aromatic carbocycles. The molecule has 1 heterocycles. The van der Waals surface area contributed by atoms with Gasteiger partial charge in [0.15, 0.2) is 0 Å². The molecule has 33 heavy (non-hydrogen) atoms. The molecule has 0 saturated carbocycles. The number of carbonyl (C=O) groups is 1. The van der Waals surface area contributed by atoms with Gasteiger partial charge in [-0.05, 0) is 60.9 Å². The van der Waals surface area contributed by atoms with Crippen LogP contribution in [0.3, 0.4) is 0 Å². The third-order valence-corrected chi connectivity index (χ3v) is 7.71. The van der Waals surface area contributed by atoms with Crippen molar-refractivity contribution >= 4 is 44.9 Å². The van der Waals surface area contributed by atoms with E-state index in [1.54, 1.807) is 54.6 Å². The number of aryl methyl sites for hydroxylation is 1. The van der Waals surface area contributed by atoms with E-state index in [2.05, 4.69) is 0 Å². The minimum Gasteiger partial charge on any atom is -0.486 e. The number of nitrogens with zero attached hydrogens (tertiary/aromatic N) is 1. The Morgan fingerprint density at radius 2 is 1.91 bits per heavy atom. The zero-order valence-corrected chi connectivity index (χ0v) is 20.0. The van der Waals surface area contributed by atoms with Crippen molar-refractivity contribution in [2.24, 2.45) is 0 Å². The second-order valence-corrected chi connectivity index (χ2v) is 10.5. The van der Waals surface area contributed by atoms with Gasteiger partial charge >= 0.3 is 5.97 Å². The summed E-state index contributed by atoms with van der Waals surface area (Å²) in [6.45, 7) is 1.82. The summed E-state index contributed by atoms with van der Waals surface area (Å²) in [4.78, 5) is 11.2. The third-order valence-electron chi connectivity index (χ3n) is 5.39. The van der Waals surface area contributed by atoms with E-state index in [4.69, 9.17) is 33.0 Å². The highest BCUT2D eigenvalue weighted by Gasteiger charge is 2.35. The number of hydrogen-bond acceptors (Lipinski definition) is 4. The fourth-order valence-electron chi connectivity index (χ4n) is 3.77. The predicted molar refractivity (Wildman–Crippen MR) is 129 cm³/mol. The fraction of sp³-hybridized carbons (Fsp3) is 0.208. The number of aliphatic carboxylic acids is 1. The SMILES string of the molecule is Cc1cccc(S(=O)(=O)N2C[C@H](CCC(=O)O)Oc3ccc(-c4ccc(Cl)cc4Cl)cc32)c1. The van der Waals surface area contributed by atoms with Crippen molar-refractivity contribution in [2.75, 3.05) is 10.8 Å². The van der Waals surface area contributed by atoms with Gasteiger partial charge in [0.2, 0.25) is 0 Å². The van der Waals surface area contributed by atoms with Crippen LogP contribution in [0.25, 0.3) is 11.1 Å². The second kappa shape index (κ2) is 9.25. The Morgan fingerprint density at radius 3 is 2.61 bits per heavy atom. The first-order valence-corrected chi connectivity index (χ1v) is 12.4. The molecule has 1 atom stereocenters. The van der Waals surface area contributed by atoms with Crippen LogP contribution < -0.4 is 9.04 Å². The van der Waals surface area contributed by atoms with Crippen molar-refractivity contribution < 1.29 is 23.1 Å². The molecule has 4 rings (SSSR count). The maximum absolute atomic E-state index is 13.7. The van der Waals surface area contributed by atoms with Crippen LogP contribution in [0.4, 0.5) is 5.69 Å². The Morgan fingerprint density at radius 1 is 1.12 bits per heavy atom. The zero-order chi connectivity index (χ0) is 23.8. The van der Waals surface area contributed by atoms with Gasteiger partial charge in [-0.25, -0.2) is 8.42 Å². The maximum atomic E-state index is 13.7. The van der Waals surface area contributed by atoms with Gasteiger partial charge in [-0.15, -0.1) is 0 Å². The topological polar surface area (TPSA) is 83.9 Å². The summed E-state index contributed by atoms with van der Waals surface area (Å²) in [6, 6.07) is 16.9. The molecule has 0 spiro atoms. The van der Waals surface area contributed by atoms with E-state index >= 15 is 0 Å². The summed E-state index contributed by atoms with van der Waals surface area (Å²) in [7, 11) is -3.93. The molecule has 0 aliphatic carbocycles. The fourth-order valence-corrected chi connectivity index (χ4v) is 5.89. The van der Waals surface area contributed by atoms with Crippen molar-refractivity contribution in [3.63, 3.8) is 0 Å². The number of anilines is 1. The summed E-state index contributed by atoms with van der Waals surface area (Å²) in [5, 5.41) is 10.0. The van der Waals surface area contributed by atoms with E-state index in [0.717, 1.165) is 5.56 Å². The van der Waals surface area contributed by atoms with Crippen LogP contribution >= 0.6 is 23.2 Å². The average molecular weight is 506 g/mol. The predicted octanol–water partition coefficient (Wildman–Crippen LogP) is 5.79. The van der Waals surface area contributed by atoms with Crippen LogP contribution in [-0.2, 0) is 14.8 Å². The van der Waals surface area contributed by atoms with Gasteiger partial charge in [0.05, 0.1) is 17.1 Å². The number of ether oxygens (including phenoxy) is 1. The number of fused-ring (bicyclic) bond motifs is 1. The van der Waals surface area contributed by atoms with E-state index in [1.807, 2.05) is 13.0 Å². The third kappa shape index (κ3) is 4.95. The Labute approximate surface area is 202 Å². The molecule has 0 fully saturated rings. The number of carboxylic acid groups (broad SMARTS) is 1. The first-order valence-electron chi connectivity index (χ1n) is 10.2. The van der Waals surface area contributed by atoms with Gasteiger partial charge in [0, 0.05) is 22.0 Å². The maximum Gasteiger partial charge on any atom is 0.303 e. The molecule has 9 heteroatoms. The molecule has 0 saturated heterocycles. The first-order chi connectivity index (χ1) is 15.6. The largest absolute Gasteiger partial charge is 0.486 e. The molecule has 0 bridgehead atoms. The minimum atomic E-state index is -3.93. The molecule has 1 aliphatic heterocycles. The van der Waals surface area contributed by atoms with Gasteiger partial charge in [-0.1, -0.05) is 47.5 Å². The summed E-state index contributed by atoms with van der Waals surface area (Å²) >= 11 is 12.4. The lowest BCUT2D eigenvalue weighted by molar-refractivity contribution is -0.137. The van der Waals surface area contributed by atoms with Gasteiger partial charge in [-0.2, -0.15) is 0 Å². The highest BCUT2D eigenvalue weighted by Crippen LogP contribution is 2.42. The number of benzene rings is 3. The van der Waals surface area contributed by atoms with Crippen LogP contribution in [0.1, 0.15) is 18.4 Å². The van der Waals surface area contributed by atoms with Crippen LogP contribution in [0.15, 0.2) is 65.6 Å². The van der Waals surface area contributed by atoms with Gasteiger partial charge < -0.3 is 9.84 Å². The highest BCUT2D eigenvalue weighted by molar-refractivity contribution is 7.92. The van der Waals surface area contributed by atoms with Gasteiger partial charge in [0.1, 0.15) is 11.9 Å². The van der Waals surface area contributed by atoms with Gasteiger partial charge in [-0.3, -0.25) is 9.10 Å². The van der Waals surface area contributed by atoms with Crippen LogP contribution in [0, 0.1) is 6.92 Å². The number of carboxylic acids is 1. The molecule has 0 amide bonds. The van der Waals surface area contributed by atoms with E-state index in [1.165, 1.54) is 4.31 Å². The van der Waals surface area contributed by atoms with E-state index < -0.39 is 22.1 Å². The Kier molecular flexibility index (Phi) is 6.56. The van der Waals surface area contributed by atoms with E-state index in [0.29, 0.717) is 32.6 Å². The Hall–Kier alpha value is -2.74. The molecule has 6 nitrogen and oxygen atoms in total. The van der Waals surface area contributed by atoms with Crippen LogP contribution in [-0.4, -0.2) is 32.1 Å². The van der Waals surface area contributed by atoms with E-state index in [9.17, 15) is 13.2 Å². The Balaban J connectivity index is 1.81. The van der Waals surface area contributed by atoms with Crippen molar-refractivity contribution in [3.8, 4) is 16.9 Å². The lowest BCUT2D eigenvalue weighted by atomic mass is 10.0. The highest BCUT2D eigenvalue weighted by atomic mass is 35.5. The first kappa shape index (κ1) is 23.4. The molecule has 3 aromatic rings. The van der Waals surface area contributed by atoms with Crippen molar-refractivity contribution in [3.05, 3.63) is 76.3 Å². The van der Waals surface area contributed by atoms with Gasteiger partial charge in [0.25, 0.3) is 10.0 Å². The van der Waals surface area contributed by atoms with Crippen molar-refractivity contribution in [2.45, 2.75) is 30.8 Å². The van der Waals surface area contributed by atoms with E-state index in [-0.39, 0.29) is 24.3 Å². The summed E-state index contributed by atoms with van der Waals surface area (Å²) in [5.74, 6) is -0.605. The van der Waals surface area contributed by atoms with Crippen LogP contribution in [0.2, 0.25) is 10.0 Å². The standard InChI is InChI=1S/C24H21Cl2NO5S/c1-15-3-2-4-19(11-15)33(30,31)27-14-18(7-10-24(28)29)32-23-9-5-16(12-22(23)27)20-8-6-17(25)13-21(20)26/h2-6,8-9,11-13,18H,7,10,14H2,1H3,(H,28,29)/t18-/m0/s1. The second-order valence-electron chi connectivity index (χ2n) is 7.83. The smallest absolute Gasteiger partial charge is 0.303 e. The molecule has 172 valence electrons. The summed E-state index contributed by atoms with van der Waals surface area (Å²) in [5.41, 5.74) is 2.58. The quantitative estimate of drug-likeness (QED) is 0.458. The number of sulfonamides is 1. The van der Waals surface area contributed by atoms with Crippen molar-refractivity contribution in [1.82, 2.24) is 0 Å². The van der Waals surface area contributed by atoms with Crippen molar-refractivity contribution in [1.29, 1.82) is 0 Å². The summed E-state index contributed by atoms with van der Waals surface area (Å²) in [6.07, 6.45) is -0.547. The number of hydrogen-bond donors (Lipinski definition) is 1. The molecule has 0 aromatic heterocycles. The molecular formula is C24H21Cl2NO5S. The molecular weight excluding hydrogens is 485 g/mol. The monoisotopic (exact) mass is 505 g/mol. The lowest BCUT2D eigenvalue weighted by Crippen LogP contribution is -2.43. The molecule has 0 unspecified atom stereocenters. The minimum absolute atomic E-state index is 0.00560. The molecule has 0 radical (unpaired) electrons. The molecule has 1 N–H and O–H groups in total.